The molecule has 0 bridgehead atoms. The van der Waals surface area contributed by atoms with Crippen LogP contribution in [-0.4, -0.2) is 4.98 Å². The van der Waals surface area contributed by atoms with Crippen LogP contribution in [0.3, 0.4) is 0 Å². The van der Waals surface area contributed by atoms with E-state index in [1.54, 1.807) is 6.20 Å². The van der Waals surface area contributed by atoms with Crippen molar-refractivity contribution in [3.05, 3.63) is 54.2 Å². The van der Waals surface area contributed by atoms with E-state index >= 15 is 0 Å². The van der Waals surface area contributed by atoms with Gasteiger partial charge in [0.1, 0.15) is 0 Å². The molecule has 0 amide bonds. The van der Waals surface area contributed by atoms with E-state index in [9.17, 15) is 0 Å². The second-order valence-electron chi connectivity index (χ2n) is 2.94. The minimum Gasteiger partial charge on any atom is -0.255 e. The average Bonchev–Trinajstić information content (AvgIpc) is 2.30. The second-order valence-corrected chi connectivity index (χ2v) is 2.94. The van der Waals surface area contributed by atoms with Gasteiger partial charge in [0, 0.05) is 17.3 Å². The zero-order chi connectivity index (χ0) is 9.80. The van der Waals surface area contributed by atoms with Gasteiger partial charge in [-0.15, -0.1) is 6.42 Å². The number of benzene rings is 1. The maximum absolute atomic E-state index is 5.25. The van der Waals surface area contributed by atoms with Gasteiger partial charge in [-0.2, -0.15) is 0 Å². The second kappa shape index (κ2) is 3.76. The minimum absolute atomic E-state index is 0.810. The molecule has 0 radical (unpaired) electrons. The highest BCUT2D eigenvalue weighted by molar-refractivity contribution is 5.59. The normalized spacial score (nSPS) is 9.36. The molecule has 0 saturated heterocycles. The first-order chi connectivity index (χ1) is 6.90. The van der Waals surface area contributed by atoms with Crippen LogP contribution in [0.1, 0.15) is 5.56 Å². The van der Waals surface area contributed by atoms with Crippen molar-refractivity contribution in [1.82, 2.24) is 4.98 Å². The molecule has 1 aromatic heterocycles. The Bertz CT molecular complexity index is 449. The van der Waals surface area contributed by atoms with Gasteiger partial charge >= 0.3 is 0 Å². The quantitative estimate of drug-likeness (QED) is 0.613. The van der Waals surface area contributed by atoms with E-state index in [4.69, 9.17) is 6.42 Å². The van der Waals surface area contributed by atoms with Crippen LogP contribution in [0, 0.1) is 12.3 Å². The Hall–Kier alpha value is -2.07. The third-order valence-corrected chi connectivity index (χ3v) is 2.00. The van der Waals surface area contributed by atoms with Crippen LogP contribution in [-0.2, 0) is 0 Å². The van der Waals surface area contributed by atoms with Gasteiger partial charge in [0.15, 0.2) is 0 Å². The van der Waals surface area contributed by atoms with E-state index in [2.05, 4.69) is 10.9 Å². The Morgan fingerprint density at radius 1 is 1.00 bits per heavy atom. The summed E-state index contributed by atoms with van der Waals surface area (Å²) in [7, 11) is 0. The van der Waals surface area contributed by atoms with Gasteiger partial charge in [-0.05, 0) is 12.1 Å². The van der Waals surface area contributed by atoms with E-state index in [-0.39, 0.29) is 0 Å². The number of hydrogen-bond donors (Lipinski definition) is 0. The topological polar surface area (TPSA) is 12.9 Å². The van der Waals surface area contributed by atoms with Crippen LogP contribution in [0.15, 0.2) is 48.7 Å². The van der Waals surface area contributed by atoms with Gasteiger partial charge in [-0.1, -0.05) is 36.3 Å². The molecule has 1 nitrogen and oxygen atoms in total. The summed E-state index contributed by atoms with van der Waals surface area (Å²) in [5.74, 6) is 2.54. The highest BCUT2D eigenvalue weighted by atomic mass is 14.7. The Morgan fingerprint density at radius 2 is 1.79 bits per heavy atom. The van der Waals surface area contributed by atoms with Crippen molar-refractivity contribution in [3.63, 3.8) is 0 Å². The molecular weight excluding hydrogens is 170 g/mol. The summed E-state index contributed by atoms with van der Waals surface area (Å²) in [6.07, 6.45) is 6.96. The molecular formula is C13H9N. The summed E-state index contributed by atoms with van der Waals surface area (Å²) >= 11 is 0. The Kier molecular flexibility index (Phi) is 2.29. The van der Waals surface area contributed by atoms with Gasteiger partial charge in [-0.3, -0.25) is 4.98 Å². The molecule has 66 valence electrons. The van der Waals surface area contributed by atoms with Gasteiger partial charge < -0.3 is 0 Å². The number of pyridine rings is 1. The average molecular weight is 179 g/mol. The van der Waals surface area contributed by atoms with Crippen LogP contribution >= 0.6 is 0 Å². The molecule has 1 aromatic carbocycles. The van der Waals surface area contributed by atoms with Crippen molar-refractivity contribution in [2.45, 2.75) is 0 Å². The first kappa shape index (κ1) is 8.52. The minimum atomic E-state index is 0.810. The molecule has 0 saturated carbocycles. The predicted octanol–water partition coefficient (Wildman–Crippen LogP) is 2.73. The Balaban J connectivity index is 2.40. The summed E-state index contributed by atoms with van der Waals surface area (Å²) in [4.78, 5) is 4.28. The molecule has 0 fully saturated rings. The molecule has 14 heavy (non-hydrogen) atoms. The fraction of sp³-hybridized carbons (Fsp3) is 0. The Labute approximate surface area is 83.4 Å². The zero-order valence-electron chi connectivity index (χ0n) is 7.64. The van der Waals surface area contributed by atoms with Crippen molar-refractivity contribution in [2.24, 2.45) is 0 Å². The van der Waals surface area contributed by atoms with Gasteiger partial charge in [-0.25, -0.2) is 0 Å². The molecule has 0 spiro atoms. The largest absolute Gasteiger partial charge is 0.255 e. The van der Waals surface area contributed by atoms with Crippen LogP contribution in [0.2, 0.25) is 0 Å². The van der Waals surface area contributed by atoms with Gasteiger partial charge in [0.05, 0.1) is 5.69 Å². The smallest absolute Gasteiger partial charge is 0.0702 e. The van der Waals surface area contributed by atoms with Crippen LogP contribution in [0.5, 0.6) is 0 Å². The molecule has 1 heterocycles. The lowest BCUT2D eigenvalue weighted by Crippen LogP contribution is -1.83. The van der Waals surface area contributed by atoms with E-state index in [1.165, 1.54) is 0 Å². The third kappa shape index (κ3) is 1.65. The molecule has 0 aliphatic heterocycles. The third-order valence-electron chi connectivity index (χ3n) is 2.00. The SMILES string of the molecule is C#Cc1ccc(-c2ccccc2)nc1. The number of nitrogens with zero attached hydrogens (tertiary/aromatic N) is 1. The summed E-state index contributed by atoms with van der Waals surface area (Å²) < 4.78 is 0. The lowest BCUT2D eigenvalue weighted by Gasteiger charge is -1.99. The van der Waals surface area contributed by atoms with Crippen LogP contribution in [0.25, 0.3) is 11.3 Å². The number of hydrogen-bond acceptors (Lipinski definition) is 1. The molecule has 2 rings (SSSR count). The molecule has 1 heteroatoms. The summed E-state index contributed by atoms with van der Waals surface area (Å²) in [5, 5.41) is 0. The van der Waals surface area contributed by atoms with Crippen molar-refractivity contribution >= 4 is 0 Å². The van der Waals surface area contributed by atoms with Crippen LogP contribution < -0.4 is 0 Å². The Morgan fingerprint density at radius 3 is 2.36 bits per heavy atom. The van der Waals surface area contributed by atoms with Crippen molar-refractivity contribution in [2.75, 3.05) is 0 Å². The first-order valence-electron chi connectivity index (χ1n) is 4.38. The molecule has 0 atom stereocenters. The highest BCUT2D eigenvalue weighted by Gasteiger charge is 1.96. The number of terminal acetylenes is 1. The molecule has 0 unspecified atom stereocenters. The van der Waals surface area contributed by atoms with Crippen molar-refractivity contribution < 1.29 is 0 Å². The standard InChI is InChI=1S/C13H9N/c1-2-11-8-9-13(14-10-11)12-6-4-3-5-7-12/h1,3-10H. The molecule has 2 aromatic rings. The van der Waals surface area contributed by atoms with E-state index in [1.807, 2.05) is 42.5 Å². The number of rotatable bonds is 1. The first-order valence-corrected chi connectivity index (χ1v) is 4.38. The number of aromatic nitrogens is 1. The molecule has 0 aliphatic carbocycles. The highest BCUT2D eigenvalue weighted by Crippen LogP contribution is 2.15. The van der Waals surface area contributed by atoms with Gasteiger partial charge in [0.2, 0.25) is 0 Å². The van der Waals surface area contributed by atoms with E-state index < -0.39 is 0 Å². The summed E-state index contributed by atoms with van der Waals surface area (Å²) in [6.45, 7) is 0. The van der Waals surface area contributed by atoms with Crippen molar-refractivity contribution in [3.8, 4) is 23.6 Å². The summed E-state index contributed by atoms with van der Waals surface area (Å²) in [6, 6.07) is 13.9. The predicted molar refractivity (Wildman–Crippen MR) is 57.6 cm³/mol. The lowest BCUT2D eigenvalue weighted by molar-refractivity contribution is 1.31. The van der Waals surface area contributed by atoms with E-state index in [0.29, 0.717) is 0 Å². The van der Waals surface area contributed by atoms with Crippen LogP contribution in [0.4, 0.5) is 0 Å². The summed E-state index contributed by atoms with van der Waals surface area (Å²) in [5.41, 5.74) is 2.87. The zero-order valence-corrected chi connectivity index (χ0v) is 7.64. The maximum Gasteiger partial charge on any atom is 0.0702 e. The van der Waals surface area contributed by atoms with Crippen molar-refractivity contribution in [1.29, 1.82) is 0 Å². The molecule has 0 N–H and O–H groups in total. The van der Waals surface area contributed by atoms with E-state index in [0.717, 1.165) is 16.8 Å². The monoisotopic (exact) mass is 179 g/mol. The van der Waals surface area contributed by atoms with Gasteiger partial charge in [0.25, 0.3) is 0 Å². The fourth-order valence-electron chi connectivity index (χ4n) is 1.26. The fourth-order valence-corrected chi connectivity index (χ4v) is 1.26. The molecule has 0 aliphatic rings. The lowest BCUT2D eigenvalue weighted by atomic mass is 10.1. The maximum atomic E-state index is 5.25.